The van der Waals surface area contributed by atoms with Crippen LogP contribution in [0.2, 0.25) is 0 Å². The molecule has 0 spiro atoms. The lowest BCUT2D eigenvalue weighted by Gasteiger charge is -2.33. The SMILES string of the molecule is COc1nc2c3c([nH]c2c(F)c1Br)CCN(C(=O)C1CCO1)C3. The van der Waals surface area contributed by atoms with Gasteiger partial charge in [-0.25, -0.2) is 9.37 Å². The van der Waals surface area contributed by atoms with Crippen LogP contribution < -0.4 is 4.74 Å². The van der Waals surface area contributed by atoms with Crippen LogP contribution in [0, 0.1) is 5.82 Å². The van der Waals surface area contributed by atoms with Gasteiger partial charge in [0.25, 0.3) is 5.91 Å². The smallest absolute Gasteiger partial charge is 0.252 e. The highest BCUT2D eigenvalue weighted by atomic mass is 79.9. The summed E-state index contributed by atoms with van der Waals surface area (Å²) >= 11 is 3.16. The number of carbonyl (C=O) groups excluding carboxylic acids is 1. The van der Waals surface area contributed by atoms with Gasteiger partial charge in [0.2, 0.25) is 5.88 Å². The van der Waals surface area contributed by atoms with Crippen molar-refractivity contribution in [3.05, 3.63) is 21.5 Å². The molecule has 0 bridgehead atoms. The Morgan fingerprint density at radius 3 is 3.00 bits per heavy atom. The Morgan fingerprint density at radius 2 is 2.35 bits per heavy atom. The molecule has 1 N–H and O–H groups in total. The fraction of sp³-hybridized carbons (Fsp3) is 0.467. The molecule has 23 heavy (non-hydrogen) atoms. The lowest BCUT2D eigenvalue weighted by atomic mass is 10.0. The molecule has 1 atom stereocenters. The number of fused-ring (bicyclic) bond motifs is 3. The van der Waals surface area contributed by atoms with Crippen LogP contribution in [0.15, 0.2) is 4.47 Å². The number of pyridine rings is 1. The van der Waals surface area contributed by atoms with E-state index < -0.39 is 5.82 Å². The number of nitrogens with zero attached hydrogens (tertiary/aromatic N) is 2. The number of amides is 1. The molecule has 1 saturated heterocycles. The summed E-state index contributed by atoms with van der Waals surface area (Å²) in [6.07, 6.45) is 1.09. The normalized spacial score (nSPS) is 20.3. The van der Waals surface area contributed by atoms with Crippen LogP contribution in [0.5, 0.6) is 5.88 Å². The number of hydrogen-bond acceptors (Lipinski definition) is 4. The first-order chi connectivity index (χ1) is 11.1. The van der Waals surface area contributed by atoms with Gasteiger partial charge >= 0.3 is 0 Å². The van der Waals surface area contributed by atoms with Crippen molar-refractivity contribution in [1.29, 1.82) is 0 Å². The molecule has 4 heterocycles. The quantitative estimate of drug-likeness (QED) is 0.862. The lowest BCUT2D eigenvalue weighted by Crippen LogP contribution is -2.47. The van der Waals surface area contributed by atoms with Crippen LogP contribution in [0.4, 0.5) is 4.39 Å². The summed E-state index contributed by atoms with van der Waals surface area (Å²) in [6.45, 7) is 1.64. The van der Waals surface area contributed by atoms with Crippen molar-refractivity contribution >= 4 is 32.9 Å². The number of methoxy groups -OCH3 is 1. The van der Waals surface area contributed by atoms with E-state index in [2.05, 4.69) is 25.9 Å². The summed E-state index contributed by atoms with van der Waals surface area (Å²) in [6, 6.07) is 0. The second-order valence-electron chi connectivity index (χ2n) is 5.71. The van der Waals surface area contributed by atoms with Gasteiger partial charge < -0.3 is 19.4 Å². The Hall–Kier alpha value is -1.67. The monoisotopic (exact) mass is 383 g/mol. The lowest BCUT2D eigenvalue weighted by molar-refractivity contribution is -0.157. The van der Waals surface area contributed by atoms with Crippen molar-refractivity contribution in [1.82, 2.24) is 14.9 Å². The number of H-pyrrole nitrogens is 1. The molecular formula is C15H15BrFN3O3. The molecule has 1 fully saturated rings. The number of ether oxygens (including phenoxy) is 2. The van der Waals surface area contributed by atoms with Crippen LogP contribution in [-0.2, 0) is 22.5 Å². The first-order valence-corrected chi connectivity index (χ1v) is 8.22. The Balaban J connectivity index is 1.75. The van der Waals surface area contributed by atoms with E-state index in [0.717, 1.165) is 17.7 Å². The predicted octanol–water partition coefficient (Wildman–Crippen LogP) is 2.15. The molecule has 2 aliphatic heterocycles. The Labute approximate surface area is 140 Å². The third-order valence-corrected chi connectivity index (χ3v) is 5.12. The molecule has 122 valence electrons. The fourth-order valence-corrected chi connectivity index (χ4v) is 3.52. The fourth-order valence-electron chi connectivity index (χ4n) is 3.07. The topological polar surface area (TPSA) is 67.5 Å². The van der Waals surface area contributed by atoms with Crippen molar-refractivity contribution in [3.8, 4) is 5.88 Å². The molecular weight excluding hydrogens is 369 g/mol. The Kier molecular flexibility index (Phi) is 3.53. The number of hydrogen-bond donors (Lipinski definition) is 1. The van der Waals surface area contributed by atoms with Gasteiger partial charge in [-0.3, -0.25) is 4.79 Å². The van der Waals surface area contributed by atoms with Gasteiger partial charge in [0.1, 0.15) is 21.6 Å². The Bertz CT molecular complexity index is 803. The maximum atomic E-state index is 14.5. The van der Waals surface area contributed by atoms with E-state index in [9.17, 15) is 9.18 Å². The third kappa shape index (κ3) is 2.23. The van der Waals surface area contributed by atoms with Gasteiger partial charge in [-0.1, -0.05) is 0 Å². The van der Waals surface area contributed by atoms with Crippen molar-refractivity contribution in [2.24, 2.45) is 0 Å². The highest BCUT2D eigenvalue weighted by Gasteiger charge is 2.34. The first-order valence-electron chi connectivity index (χ1n) is 7.43. The van der Waals surface area contributed by atoms with Crippen molar-refractivity contribution < 1.29 is 18.7 Å². The molecule has 2 aromatic rings. The van der Waals surface area contributed by atoms with Crippen LogP contribution in [0.25, 0.3) is 11.0 Å². The van der Waals surface area contributed by atoms with Gasteiger partial charge in [0.15, 0.2) is 5.82 Å². The van der Waals surface area contributed by atoms with Crippen LogP contribution in [0.3, 0.4) is 0 Å². The summed E-state index contributed by atoms with van der Waals surface area (Å²) in [4.78, 5) is 21.6. The van der Waals surface area contributed by atoms with E-state index in [-0.39, 0.29) is 22.4 Å². The maximum absolute atomic E-state index is 14.5. The number of carbonyl (C=O) groups is 1. The molecule has 1 unspecified atom stereocenters. The zero-order valence-electron chi connectivity index (χ0n) is 12.5. The van der Waals surface area contributed by atoms with Crippen LogP contribution in [0.1, 0.15) is 17.7 Å². The Morgan fingerprint density at radius 1 is 1.57 bits per heavy atom. The first kappa shape index (κ1) is 14.9. The van der Waals surface area contributed by atoms with E-state index in [1.807, 2.05) is 0 Å². The summed E-state index contributed by atoms with van der Waals surface area (Å²) in [5.74, 6) is -0.232. The summed E-state index contributed by atoms with van der Waals surface area (Å²) in [5, 5.41) is 0. The molecule has 6 nitrogen and oxygen atoms in total. The van der Waals surface area contributed by atoms with Crippen LogP contribution >= 0.6 is 15.9 Å². The average Bonchev–Trinajstić information content (AvgIpc) is 2.87. The van der Waals surface area contributed by atoms with Crippen molar-refractivity contribution in [3.63, 3.8) is 0 Å². The van der Waals surface area contributed by atoms with E-state index in [0.29, 0.717) is 37.2 Å². The largest absolute Gasteiger partial charge is 0.480 e. The van der Waals surface area contributed by atoms with Gasteiger partial charge in [0, 0.05) is 37.2 Å². The molecule has 8 heteroatoms. The molecule has 4 rings (SSSR count). The van der Waals surface area contributed by atoms with Crippen LogP contribution in [-0.4, -0.2) is 47.1 Å². The highest BCUT2D eigenvalue weighted by molar-refractivity contribution is 9.10. The highest BCUT2D eigenvalue weighted by Crippen LogP contribution is 2.35. The average molecular weight is 384 g/mol. The maximum Gasteiger partial charge on any atom is 0.252 e. The minimum absolute atomic E-state index is 0.000739. The van der Waals surface area contributed by atoms with Gasteiger partial charge in [-0.2, -0.15) is 0 Å². The second-order valence-corrected chi connectivity index (χ2v) is 6.51. The van der Waals surface area contributed by atoms with Gasteiger partial charge in [0.05, 0.1) is 13.7 Å². The number of rotatable bonds is 2. The van der Waals surface area contributed by atoms with E-state index in [4.69, 9.17) is 9.47 Å². The minimum atomic E-state index is -0.429. The number of aromatic nitrogens is 2. The van der Waals surface area contributed by atoms with Gasteiger partial charge in [-0.05, 0) is 15.9 Å². The second kappa shape index (κ2) is 5.45. The van der Waals surface area contributed by atoms with E-state index >= 15 is 0 Å². The summed E-state index contributed by atoms with van der Waals surface area (Å²) in [7, 11) is 1.45. The molecule has 1 amide bonds. The number of nitrogens with one attached hydrogen (secondary N) is 1. The van der Waals surface area contributed by atoms with Gasteiger partial charge in [-0.15, -0.1) is 0 Å². The molecule has 0 radical (unpaired) electrons. The van der Waals surface area contributed by atoms with Crippen molar-refractivity contribution in [2.45, 2.75) is 25.5 Å². The number of aromatic amines is 1. The molecule has 0 aromatic carbocycles. The molecule has 2 aliphatic rings. The van der Waals surface area contributed by atoms with E-state index in [1.54, 1.807) is 4.90 Å². The molecule has 0 aliphatic carbocycles. The summed E-state index contributed by atoms with van der Waals surface area (Å²) < 4.78 is 25.1. The molecule has 2 aromatic heterocycles. The summed E-state index contributed by atoms with van der Waals surface area (Å²) in [5.41, 5.74) is 2.63. The minimum Gasteiger partial charge on any atom is -0.480 e. The van der Waals surface area contributed by atoms with Crippen molar-refractivity contribution in [2.75, 3.05) is 20.3 Å². The third-order valence-electron chi connectivity index (χ3n) is 4.44. The molecule has 0 saturated carbocycles. The number of halogens is 2. The zero-order chi connectivity index (χ0) is 16.1. The standard InChI is InChI=1S/C15H15BrFN3O3/c1-22-14-10(16)11(17)13-12(19-14)7-6-20(4-2-8(7)18-13)15(21)9-3-5-23-9/h9,18H,2-6H2,1H3. The van der Waals surface area contributed by atoms with E-state index in [1.165, 1.54) is 7.11 Å². The predicted molar refractivity (Wildman–Crippen MR) is 83.8 cm³/mol. The zero-order valence-corrected chi connectivity index (χ0v) is 14.1.